The standard InChI is InChI=1S/C24H23BrO2/c25-16-17-27-24-14-9-19(10-15-24)6-11-22(21-4-2-1-3-5-21)18-20-7-12-23(26)13-8-20/h1-5,7-10,12-15,18,26H,6,11,16-17H2. The lowest BCUT2D eigenvalue weighted by Crippen LogP contribution is -1.97. The minimum Gasteiger partial charge on any atom is -0.508 e. The van der Waals surface area contributed by atoms with Crippen molar-refractivity contribution in [1.82, 2.24) is 0 Å². The van der Waals surface area contributed by atoms with Gasteiger partial charge in [0.2, 0.25) is 0 Å². The van der Waals surface area contributed by atoms with E-state index in [4.69, 9.17) is 4.74 Å². The first-order valence-corrected chi connectivity index (χ1v) is 10.2. The van der Waals surface area contributed by atoms with Crippen LogP contribution in [0.15, 0.2) is 78.9 Å². The Balaban J connectivity index is 1.75. The predicted octanol–water partition coefficient (Wildman–Crippen LogP) is 6.34. The second-order valence-electron chi connectivity index (χ2n) is 6.31. The first-order valence-electron chi connectivity index (χ1n) is 9.07. The third-order valence-corrected chi connectivity index (χ3v) is 4.65. The highest BCUT2D eigenvalue weighted by molar-refractivity contribution is 9.09. The fourth-order valence-electron chi connectivity index (χ4n) is 2.91. The Kier molecular flexibility index (Phi) is 7.11. The van der Waals surface area contributed by atoms with Crippen LogP contribution in [-0.4, -0.2) is 17.0 Å². The van der Waals surface area contributed by atoms with Crippen LogP contribution in [0.1, 0.15) is 23.1 Å². The molecular formula is C24H23BrO2. The molecule has 27 heavy (non-hydrogen) atoms. The number of aromatic hydroxyl groups is 1. The van der Waals surface area contributed by atoms with Crippen molar-refractivity contribution in [3.8, 4) is 11.5 Å². The van der Waals surface area contributed by atoms with Gasteiger partial charge in [-0.05, 0) is 59.4 Å². The molecule has 0 aliphatic rings. The summed E-state index contributed by atoms with van der Waals surface area (Å²) >= 11 is 3.37. The third-order valence-electron chi connectivity index (χ3n) is 4.33. The highest BCUT2D eigenvalue weighted by Gasteiger charge is 2.04. The predicted molar refractivity (Wildman–Crippen MR) is 116 cm³/mol. The summed E-state index contributed by atoms with van der Waals surface area (Å²) in [5.41, 5.74) is 4.88. The summed E-state index contributed by atoms with van der Waals surface area (Å²) in [6, 6.07) is 26.1. The first-order chi connectivity index (χ1) is 13.2. The van der Waals surface area contributed by atoms with E-state index in [0.29, 0.717) is 6.61 Å². The highest BCUT2D eigenvalue weighted by atomic mass is 79.9. The van der Waals surface area contributed by atoms with Crippen LogP contribution in [-0.2, 0) is 6.42 Å². The van der Waals surface area contributed by atoms with Crippen molar-refractivity contribution >= 4 is 27.6 Å². The molecule has 0 heterocycles. The number of phenols is 1. The molecule has 2 nitrogen and oxygen atoms in total. The Morgan fingerprint density at radius 2 is 1.59 bits per heavy atom. The molecule has 138 valence electrons. The van der Waals surface area contributed by atoms with E-state index in [1.54, 1.807) is 12.1 Å². The van der Waals surface area contributed by atoms with E-state index in [9.17, 15) is 5.11 Å². The molecule has 3 rings (SSSR count). The summed E-state index contributed by atoms with van der Waals surface area (Å²) < 4.78 is 5.62. The van der Waals surface area contributed by atoms with Gasteiger partial charge in [0.05, 0.1) is 6.61 Å². The quantitative estimate of drug-likeness (QED) is 0.339. The topological polar surface area (TPSA) is 29.5 Å². The number of hydrogen-bond donors (Lipinski definition) is 1. The number of allylic oxidation sites excluding steroid dienone is 1. The SMILES string of the molecule is Oc1ccc(C=C(CCc2ccc(OCCBr)cc2)c2ccccc2)cc1. The van der Waals surface area contributed by atoms with Crippen LogP contribution in [0.5, 0.6) is 11.5 Å². The van der Waals surface area contributed by atoms with Crippen LogP contribution in [0, 0.1) is 0 Å². The Bertz CT molecular complexity index is 853. The second-order valence-corrected chi connectivity index (χ2v) is 7.10. The number of halogens is 1. The third kappa shape index (κ3) is 6.00. The van der Waals surface area contributed by atoms with Gasteiger partial charge in [0, 0.05) is 5.33 Å². The molecule has 0 saturated heterocycles. The van der Waals surface area contributed by atoms with E-state index in [1.165, 1.54) is 16.7 Å². The molecule has 3 aromatic rings. The number of alkyl halides is 1. The van der Waals surface area contributed by atoms with E-state index < -0.39 is 0 Å². The average molecular weight is 423 g/mol. The number of phenolic OH excluding ortho intramolecular Hbond substituents is 1. The molecule has 0 fully saturated rings. The molecule has 0 aliphatic carbocycles. The van der Waals surface area contributed by atoms with Gasteiger partial charge in [0.15, 0.2) is 0 Å². The van der Waals surface area contributed by atoms with Crippen molar-refractivity contribution < 1.29 is 9.84 Å². The van der Waals surface area contributed by atoms with Crippen LogP contribution < -0.4 is 4.74 Å². The zero-order valence-electron chi connectivity index (χ0n) is 15.1. The summed E-state index contributed by atoms with van der Waals surface area (Å²) in [4.78, 5) is 0. The van der Waals surface area contributed by atoms with E-state index in [2.05, 4.69) is 58.4 Å². The van der Waals surface area contributed by atoms with Crippen molar-refractivity contribution in [1.29, 1.82) is 0 Å². The van der Waals surface area contributed by atoms with Gasteiger partial charge in [-0.2, -0.15) is 0 Å². The minimum absolute atomic E-state index is 0.288. The molecular weight excluding hydrogens is 400 g/mol. The molecule has 0 radical (unpaired) electrons. The van der Waals surface area contributed by atoms with Crippen molar-refractivity contribution in [2.24, 2.45) is 0 Å². The van der Waals surface area contributed by atoms with E-state index >= 15 is 0 Å². The molecule has 0 atom stereocenters. The number of rotatable bonds is 8. The number of aryl methyl sites for hydroxylation is 1. The number of ether oxygens (including phenoxy) is 1. The smallest absolute Gasteiger partial charge is 0.119 e. The van der Waals surface area contributed by atoms with Crippen LogP contribution in [0.3, 0.4) is 0 Å². The minimum atomic E-state index is 0.288. The Hall–Kier alpha value is -2.52. The monoisotopic (exact) mass is 422 g/mol. The Labute approximate surface area is 169 Å². The van der Waals surface area contributed by atoms with Crippen molar-refractivity contribution in [2.45, 2.75) is 12.8 Å². The van der Waals surface area contributed by atoms with Gasteiger partial charge in [-0.1, -0.05) is 76.6 Å². The Morgan fingerprint density at radius 3 is 2.26 bits per heavy atom. The van der Waals surface area contributed by atoms with E-state index in [1.807, 2.05) is 30.3 Å². The summed E-state index contributed by atoms with van der Waals surface area (Å²) in [6.07, 6.45) is 4.09. The lowest BCUT2D eigenvalue weighted by Gasteiger charge is -2.10. The van der Waals surface area contributed by atoms with Crippen LogP contribution in [0.4, 0.5) is 0 Å². The maximum absolute atomic E-state index is 9.50. The molecule has 0 spiro atoms. The first kappa shape index (κ1) is 19.2. The summed E-state index contributed by atoms with van der Waals surface area (Å²) in [7, 11) is 0. The van der Waals surface area contributed by atoms with Crippen molar-refractivity contribution in [3.05, 3.63) is 95.6 Å². The van der Waals surface area contributed by atoms with Gasteiger partial charge in [-0.3, -0.25) is 0 Å². The van der Waals surface area contributed by atoms with Gasteiger partial charge in [-0.25, -0.2) is 0 Å². The van der Waals surface area contributed by atoms with Crippen molar-refractivity contribution in [3.63, 3.8) is 0 Å². The van der Waals surface area contributed by atoms with Gasteiger partial charge in [-0.15, -0.1) is 0 Å². The summed E-state index contributed by atoms with van der Waals surface area (Å²) in [5.74, 6) is 1.19. The van der Waals surface area contributed by atoms with Crippen LogP contribution in [0.25, 0.3) is 11.6 Å². The van der Waals surface area contributed by atoms with E-state index in [-0.39, 0.29) is 5.75 Å². The zero-order chi connectivity index (χ0) is 18.9. The molecule has 3 heteroatoms. The summed E-state index contributed by atoms with van der Waals surface area (Å²) in [6.45, 7) is 0.673. The molecule has 0 unspecified atom stereocenters. The van der Waals surface area contributed by atoms with Gasteiger partial charge in [0.25, 0.3) is 0 Å². The van der Waals surface area contributed by atoms with Gasteiger partial charge < -0.3 is 9.84 Å². The lowest BCUT2D eigenvalue weighted by molar-refractivity contribution is 0.345. The Morgan fingerprint density at radius 1 is 0.889 bits per heavy atom. The maximum Gasteiger partial charge on any atom is 0.119 e. The zero-order valence-corrected chi connectivity index (χ0v) is 16.7. The molecule has 0 aromatic heterocycles. The molecule has 0 amide bonds. The fourth-order valence-corrected chi connectivity index (χ4v) is 3.07. The number of benzene rings is 3. The van der Waals surface area contributed by atoms with Crippen molar-refractivity contribution in [2.75, 3.05) is 11.9 Å². The van der Waals surface area contributed by atoms with Gasteiger partial charge in [0.1, 0.15) is 11.5 Å². The lowest BCUT2D eigenvalue weighted by atomic mass is 9.96. The number of hydrogen-bond acceptors (Lipinski definition) is 2. The van der Waals surface area contributed by atoms with Gasteiger partial charge >= 0.3 is 0 Å². The molecule has 1 N–H and O–H groups in total. The van der Waals surface area contributed by atoms with Crippen LogP contribution >= 0.6 is 15.9 Å². The molecule has 0 bridgehead atoms. The highest BCUT2D eigenvalue weighted by Crippen LogP contribution is 2.25. The maximum atomic E-state index is 9.50. The average Bonchev–Trinajstić information content (AvgIpc) is 2.72. The summed E-state index contributed by atoms with van der Waals surface area (Å²) in [5, 5.41) is 10.3. The normalized spacial score (nSPS) is 11.4. The molecule has 0 aliphatic heterocycles. The fraction of sp³-hybridized carbons (Fsp3) is 0.167. The van der Waals surface area contributed by atoms with E-state index in [0.717, 1.165) is 29.5 Å². The molecule has 0 saturated carbocycles. The van der Waals surface area contributed by atoms with Crippen LogP contribution in [0.2, 0.25) is 0 Å². The largest absolute Gasteiger partial charge is 0.508 e. The second kappa shape index (κ2) is 9.98. The molecule has 3 aromatic carbocycles.